The maximum absolute atomic E-state index is 12.5. The van der Waals surface area contributed by atoms with Gasteiger partial charge in [-0.2, -0.15) is 0 Å². The Balaban J connectivity index is 2.32. The van der Waals surface area contributed by atoms with Gasteiger partial charge in [-0.3, -0.25) is 4.79 Å². The van der Waals surface area contributed by atoms with Gasteiger partial charge in [0.1, 0.15) is 0 Å². The van der Waals surface area contributed by atoms with Crippen LogP contribution in [-0.4, -0.2) is 29.1 Å². The summed E-state index contributed by atoms with van der Waals surface area (Å²) in [6.45, 7) is 3.76. The van der Waals surface area contributed by atoms with E-state index in [1.54, 1.807) is 0 Å². The van der Waals surface area contributed by atoms with E-state index in [2.05, 4.69) is 6.58 Å². The molecule has 0 aromatic heterocycles. The standard InChI is InChI=1S/C19H19Cl2NO2/c1-2-22(11-12-23)19(24)13-18(14-3-7-16(20)8-4-14)15-5-9-17(21)10-6-15/h2-10,18,23H,1,11-13H2. The Labute approximate surface area is 152 Å². The average Bonchev–Trinajstić information content (AvgIpc) is 2.59. The minimum Gasteiger partial charge on any atom is -0.395 e. The molecule has 0 saturated heterocycles. The first-order chi connectivity index (χ1) is 11.5. The minimum absolute atomic E-state index is 0.103. The van der Waals surface area contributed by atoms with E-state index in [4.69, 9.17) is 28.3 Å². The Morgan fingerprint density at radius 2 is 1.50 bits per heavy atom. The van der Waals surface area contributed by atoms with Crippen LogP contribution in [0.15, 0.2) is 61.3 Å². The molecule has 2 aromatic carbocycles. The molecule has 0 saturated carbocycles. The van der Waals surface area contributed by atoms with Crippen LogP contribution in [0.25, 0.3) is 0 Å². The van der Waals surface area contributed by atoms with Crippen LogP contribution in [0, 0.1) is 0 Å². The molecule has 0 radical (unpaired) electrons. The van der Waals surface area contributed by atoms with E-state index >= 15 is 0 Å². The predicted octanol–water partition coefficient (Wildman–Crippen LogP) is 4.48. The van der Waals surface area contributed by atoms with Crippen molar-refractivity contribution < 1.29 is 9.90 Å². The van der Waals surface area contributed by atoms with E-state index in [1.165, 1.54) is 11.1 Å². The Kier molecular flexibility index (Phi) is 6.85. The van der Waals surface area contributed by atoms with Gasteiger partial charge in [0.05, 0.1) is 6.61 Å². The maximum Gasteiger partial charge on any atom is 0.227 e. The highest BCUT2D eigenvalue weighted by molar-refractivity contribution is 6.30. The monoisotopic (exact) mass is 363 g/mol. The number of carbonyl (C=O) groups excluding carboxylic acids is 1. The van der Waals surface area contributed by atoms with Crippen molar-refractivity contribution in [2.45, 2.75) is 12.3 Å². The Morgan fingerprint density at radius 1 is 1.04 bits per heavy atom. The van der Waals surface area contributed by atoms with Crippen LogP contribution in [0.1, 0.15) is 23.5 Å². The number of benzene rings is 2. The zero-order valence-electron chi connectivity index (χ0n) is 13.2. The summed E-state index contributed by atoms with van der Waals surface area (Å²) < 4.78 is 0. The highest BCUT2D eigenvalue weighted by Gasteiger charge is 2.21. The lowest BCUT2D eigenvalue weighted by molar-refractivity contribution is -0.129. The third-order valence-corrected chi connectivity index (χ3v) is 4.31. The second kappa shape index (κ2) is 8.88. The lowest BCUT2D eigenvalue weighted by Gasteiger charge is -2.22. The second-order valence-electron chi connectivity index (χ2n) is 5.35. The van der Waals surface area contributed by atoms with Crippen molar-refractivity contribution >= 4 is 29.1 Å². The molecule has 0 fully saturated rings. The summed E-state index contributed by atoms with van der Waals surface area (Å²) in [6.07, 6.45) is 1.70. The summed E-state index contributed by atoms with van der Waals surface area (Å²) in [7, 11) is 0. The van der Waals surface area contributed by atoms with Gasteiger partial charge in [-0.1, -0.05) is 54.0 Å². The van der Waals surface area contributed by atoms with Gasteiger partial charge in [0.25, 0.3) is 0 Å². The zero-order chi connectivity index (χ0) is 17.5. The fourth-order valence-corrected chi connectivity index (χ4v) is 2.79. The number of aliphatic hydroxyl groups excluding tert-OH is 1. The zero-order valence-corrected chi connectivity index (χ0v) is 14.7. The van der Waals surface area contributed by atoms with Crippen molar-refractivity contribution in [1.82, 2.24) is 4.90 Å². The summed E-state index contributed by atoms with van der Waals surface area (Å²) in [4.78, 5) is 14.0. The van der Waals surface area contributed by atoms with E-state index in [9.17, 15) is 4.79 Å². The number of halogens is 2. The molecule has 0 unspecified atom stereocenters. The van der Waals surface area contributed by atoms with Crippen LogP contribution in [0.5, 0.6) is 0 Å². The van der Waals surface area contributed by atoms with Crippen LogP contribution >= 0.6 is 23.2 Å². The van der Waals surface area contributed by atoms with E-state index in [1.807, 2.05) is 48.5 Å². The molecule has 126 valence electrons. The molecule has 0 spiro atoms. The molecule has 2 rings (SSSR count). The molecule has 0 bridgehead atoms. The summed E-state index contributed by atoms with van der Waals surface area (Å²) in [5.74, 6) is -0.234. The van der Waals surface area contributed by atoms with Crippen LogP contribution in [0.3, 0.4) is 0 Å². The quantitative estimate of drug-likeness (QED) is 0.787. The molecule has 5 heteroatoms. The number of amides is 1. The summed E-state index contributed by atoms with van der Waals surface area (Å²) in [5.41, 5.74) is 1.98. The average molecular weight is 364 g/mol. The van der Waals surface area contributed by atoms with Crippen LogP contribution in [-0.2, 0) is 4.79 Å². The van der Waals surface area contributed by atoms with Crippen molar-refractivity contribution in [3.8, 4) is 0 Å². The SMILES string of the molecule is C=CN(CCO)C(=O)CC(c1ccc(Cl)cc1)c1ccc(Cl)cc1. The highest BCUT2D eigenvalue weighted by atomic mass is 35.5. The van der Waals surface area contributed by atoms with Crippen LogP contribution in [0.4, 0.5) is 0 Å². The van der Waals surface area contributed by atoms with Gasteiger partial charge in [-0.05, 0) is 41.6 Å². The lowest BCUT2D eigenvalue weighted by atomic mass is 9.88. The van der Waals surface area contributed by atoms with Crippen LogP contribution in [0.2, 0.25) is 10.0 Å². The van der Waals surface area contributed by atoms with Crippen molar-refractivity contribution in [3.05, 3.63) is 82.5 Å². The first-order valence-electron chi connectivity index (χ1n) is 7.59. The fourth-order valence-electron chi connectivity index (χ4n) is 2.54. The van der Waals surface area contributed by atoms with Gasteiger partial charge in [0.15, 0.2) is 0 Å². The van der Waals surface area contributed by atoms with Gasteiger partial charge in [-0.15, -0.1) is 0 Å². The predicted molar refractivity (Wildman–Crippen MR) is 98.4 cm³/mol. The molecular weight excluding hydrogens is 345 g/mol. The van der Waals surface area contributed by atoms with Gasteiger partial charge in [0, 0.05) is 28.9 Å². The van der Waals surface area contributed by atoms with Gasteiger partial charge >= 0.3 is 0 Å². The number of carbonyl (C=O) groups is 1. The molecule has 0 heterocycles. The lowest BCUT2D eigenvalue weighted by Crippen LogP contribution is -2.29. The minimum atomic E-state index is -0.131. The molecule has 0 aliphatic carbocycles. The van der Waals surface area contributed by atoms with Crippen molar-refractivity contribution in [2.24, 2.45) is 0 Å². The Morgan fingerprint density at radius 3 is 1.88 bits per heavy atom. The smallest absolute Gasteiger partial charge is 0.227 e. The van der Waals surface area contributed by atoms with Gasteiger partial charge < -0.3 is 10.0 Å². The second-order valence-corrected chi connectivity index (χ2v) is 6.23. The van der Waals surface area contributed by atoms with Gasteiger partial charge in [0.2, 0.25) is 5.91 Å². The third-order valence-electron chi connectivity index (χ3n) is 3.81. The Hall–Kier alpha value is -1.81. The highest BCUT2D eigenvalue weighted by Crippen LogP contribution is 2.30. The number of rotatable bonds is 7. The first-order valence-corrected chi connectivity index (χ1v) is 8.34. The van der Waals surface area contributed by atoms with Crippen LogP contribution < -0.4 is 0 Å². The molecule has 0 aliphatic rings. The third kappa shape index (κ3) is 4.84. The van der Waals surface area contributed by atoms with Gasteiger partial charge in [-0.25, -0.2) is 0 Å². The molecule has 24 heavy (non-hydrogen) atoms. The van der Waals surface area contributed by atoms with Crippen molar-refractivity contribution in [1.29, 1.82) is 0 Å². The van der Waals surface area contributed by atoms with E-state index < -0.39 is 0 Å². The summed E-state index contributed by atoms with van der Waals surface area (Å²) >= 11 is 11.9. The molecule has 1 amide bonds. The number of hydrogen-bond acceptors (Lipinski definition) is 2. The molecule has 1 N–H and O–H groups in total. The number of nitrogens with zero attached hydrogens (tertiary/aromatic N) is 1. The fraction of sp³-hybridized carbons (Fsp3) is 0.211. The van der Waals surface area contributed by atoms with E-state index in [-0.39, 0.29) is 31.4 Å². The molecule has 2 aromatic rings. The summed E-state index contributed by atoms with van der Waals surface area (Å²) in [5, 5.41) is 10.4. The molecule has 3 nitrogen and oxygen atoms in total. The number of aliphatic hydroxyl groups is 1. The molecular formula is C19H19Cl2NO2. The molecule has 0 atom stereocenters. The largest absolute Gasteiger partial charge is 0.395 e. The first kappa shape index (κ1) is 18.5. The topological polar surface area (TPSA) is 40.5 Å². The summed E-state index contributed by atoms with van der Waals surface area (Å²) in [6, 6.07) is 14.9. The molecule has 0 aliphatic heterocycles. The van der Waals surface area contributed by atoms with Crippen molar-refractivity contribution in [3.63, 3.8) is 0 Å². The van der Waals surface area contributed by atoms with E-state index in [0.717, 1.165) is 11.1 Å². The van der Waals surface area contributed by atoms with E-state index in [0.29, 0.717) is 10.0 Å². The Bertz CT molecular complexity index is 638. The normalized spacial score (nSPS) is 10.7. The van der Waals surface area contributed by atoms with Crippen molar-refractivity contribution in [2.75, 3.05) is 13.2 Å². The maximum atomic E-state index is 12.5. The number of hydrogen-bond donors (Lipinski definition) is 1.